The third-order valence-corrected chi connectivity index (χ3v) is 7.21. The Morgan fingerprint density at radius 3 is 1.84 bits per heavy atom. The van der Waals surface area contributed by atoms with Crippen LogP contribution in [0.1, 0.15) is 36.9 Å². The highest BCUT2D eigenvalue weighted by Gasteiger charge is 2.32. The van der Waals surface area contributed by atoms with Crippen LogP contribution < -0.4 is 49.9 Å². The minimum Gasteiger partial charge on any atom is -0.480 e. The van der Waals surface area contributed by atoms with Crippen molar-refractivity contribution < 1.29 is 34.2 Å². The molecule has 1 heterocycles. The number of carbonyl (C=O) groups excluding carboxylic acids is 4. The van der Waals surface area contributed by atoms with Gasteiger partial charge in [-0.1, -0.05) is 30.3 Å². The highest BCUT2D eigenvalue weighted by Crippen LogP contribution is 2.08. The zero-order valence-corrected chi connectivity index (χ0v) is 27.5. The number of nitrogens with one attached hydrogen (secondary N) is 5. The Hall–Kier alpha value is -5.76. The van der Waals surface area contributed by atoms with Crippen molar-refractivity contribution in [2.75, 3.05) is 19.7 Å². The van der Waals surface area contributed by atoms with Crippen molar-refractivity contribution >= 4 is 41.5 Å². The zero-order valence-electron chi connectivity index (χ0n) is 27.5. The first kappa shape index (κ1) is 40.4. The lowest BCUT2D eigenvalue weighted by atomic mass is 10.0. The lowest BCUT2D eigenvalue weighted by Crippen LogP contribution is -2.59. The predicted octanol–water partition coefficient (Wildman–Crippen LogP) is -4.35. The van der Waals surface area contributed by atoms with E-state index in [-0.39, 0.29) is 57.1 Å². The van der Waals surface area contributed by atoms with Crippen LogP contribution in [0, 0.1) is 0 Å². The van der Waals surface area contributed by atoms with Gasteiger partial charge >= 0.3 is 5.97 Å². The van der Waals surface area contributed by atoms with Gasteiger partial charge in [-0.3, -0.25) is 29.2 Å². The van der Waals surface area contributed by atoms with Crippen molar-refractivity contribution in [2.24, 2.45) is 38.7 Å². The third-order valence-electron chi connectivity index (χ3n) is 7.21. The maximum Gasteiger partial charge on any atom is 0.326 e. The molecule has 5 unspecified atom stereocenters. The number of nitrogens with two attached hydrogens (primary N) is 5. The zero-order chi connectivity index (χ0) is 37.1. The molecule has 274 valence electrons. The van der Waals surface area contributed by atoms with Crippen LogP contribution in [0.2, 0.25) is 0 Å². The summed E-state index contributed by atoms with van der Waals surface area (Å²) in [4.78, 5) is 79.5. The lowest BCUT2D eigenvalue weighted by Gasteiger charge is -2.26. The number of aliphatic hydroxyl groups excluding tert-OH is 1. The van der Waals surface area contributed by atoms with E-state index in [9.17, 15) is 34.2 Å². The van der Waals surface area contributed by atoms with E-state index in [0.717, 1.165) is 0 Å². The van der Waals surface area contributed by atoms with Crippen molar-refractivity contribution in [3.63, 3.8) is 0 Å². The highest BCUT2D eigenvalue weighted by atomic mass is 16.4. The molecule has 2 aromatic rings. The van der Waals surface area contributed by atoms with Crippen molar-refractivity contribution in [1.82, 2.24) is 31.2 Å². The standard InChI is InChI=1S/C30H47N13O7/c31-19(8-4-10-37-29(32)33)24(45)43-23(15-44)27(48)40-20(9-5-11-38-30(34)35)25(46)41-21(13-18-14-36-16-39-18)26(47)42-22(28(49)50)12-17-6-2-1-3-7-17/h1-3,6-7,14,16,19-23,44H,4-5,8-13,15,31H2,(H,36,39)(H,40,48)(H,41,46)(H,42,47)(H,43,45)(H,49,50)(H4,32,33,37)(H4,34,35,38). The number of imidazole rings is 1. The van der Waals surface area contributed by atoms with E-state index in [0.29, 0.717) is 17.7 Å². The number of carboxylic acids is 1. The number of aromatic nitrogens is 2. The number of aliphatic hydroxyl groups is 1. The first-order valence-electron chi connectivity index (χ1n) is 15.7. The van der Waals surface area contributed by atoms with E-state index in [2.05, 4.69) is 41.2 Å². The van der Waals surface area contributed by atoms with Gasteiger partial charge in [-0.25, -0.2) is 9.78 Å². The summed E-state index contributed by atoms with van der Waals surface area (Å²) < 4.78 is 0. The summed E-state index contributed by atoms with van der Waals surface area (Å²) in [5.74, 6) is -4.88. The number of guanidine groups is 2. The molecule has 0 aliphatic heterocycles. The molecule has 1 aromatic carbocycles. The molecule has 1 aromatic heterocycles. The maximum atomic E-state index is 13.7. The number of carbonyl (C=O) groups is 5. The molecule has 2 rings (SSSR count). The second-order valence-electron chi connectivity index (χ2n) is 11.2. The molecule has 17 N–H and O–H groups in total. The maximum absolute atomic E-state index is 13.7. The number of benzene rings is 1. The summed E-state index contributed by atoms with van der Waals surface area (Å²) in [6, 6.07) is 2.17. The molecule has 4 amide bonds. The second-order valence-corrected chi connectivity index (χ2v) is 11.2. The number of aromatic amines is 1. The minimum absolute atomic E-state index is 0.0235. The molecule has 0 aliphatic carbocycles. The number of aliphatic carboxylic acids is 1. The number of rotatable bonds is 22. The van der Waals surface area contributed by atoms with E-state index in [1.807, 2.05) is 0 Å². The first-order valence-corrected chi connectivity index (χ1v) is 15.7. The van der Waals surface area contributed by atoms with Crippen molar-refractivity contribution in [3.05, 3.63) is 54.1 Å². The number of aliphatic imine (C=N–C) groups is 2. The quantitative estimate of drug-likeness (QED) is 0.0314. The number of hydrogen-bond donors (Lipinski definition) is 12. The van der Waals surface area contributed by atoms with Gasteiger partial charge in [0.1, 0.15) is 24.2 Å². The fraction of sp³-hybridized carbons (Fsp3) is 0.467. The Labute approximate surface area is 288 Å². The summed E-state index contributed by atoms with van der Waals surface area (Å²) in [5.41, 5.74) is 28.4. The Bertz CT molecular complexity index is 1450. The van der Waals surface area contributed by atoms with Crippen LogP contribution in [0.15, 0.2) is 52.8 Å². The van der Waals surface area contributed by atoms with E-state index in [4.69, 9.17) is 28.7 Å². The fourth-order valence-corrected chi connectivity index (χ4v) is 4.59. The van der Waals surface area contributed by atoms with Gasteiger partial charge in [0.25, 0.3) is 0 Å². The average molecular weight is 702 g/mol. The summed E-state index contributed by atoms with van der Waals surface area (Å²) in [6.45, 7) is -0.509. The molecule has 0 bridgehead atoms. The number of carboxylic acid groups (broad SMARTS) is 1. The third kappa shape index (κ3) is 15.0. The van der Waals surface area contributed by atoms with Crippen molar-refractivity contribution in [1.29, 1.82) is 0 Å². The van der Waals surface area contributed by atoms with Gasteiger partial charge in [0.15, 0.2) is 11.9 Å². The molecule has 0 spiro atoms. The minimum atomic E-state index is -1.49. The van der Waals surface area contributed by atoms with Gasteiger partial charge in [-0.05, 0) is 31.2 Å². The van der Waals surface area contributed by atoms with E-state index >= 15 is 0 Å². The molecule has 0 radical (unpaired) electrons. The monoisotopic (exact) mass is 701 g/mol. The van der Waals surface area contributed by atoms with Crippen LogP contribution in [0.3, 0.4) is 0 Å². The first-order chi connectivity index (χ1) is 23.8. The van der Waals surface area contributed by atoms with Gasteiger partial charge in [0.05, 0.1) is 19.0 Å². The largest absolute Gasteiger partial charge is 0.480 e. The Morgan fingerprint density at radius 2 is 1.28 bits per heavy atom. The predicted molar refractivity (Wildman–Crippen MR) is 183 cm³/mol. The molecular weight excluding hydrogens is 654 g/mol. The number of hydrogen-bond acceptors (Lipinski definition) is 10. The van der Waals surface area contributed by atoms with Crippen LogP contribution in [-0.2, 0) is 36.8 Å². The molecule has 20 heteroatoms. The van der Waals surface area contributed by atoms with Crippen LogP contribution in [0.4, 0.5) is 0 Å². The van der Waals surface area contributed by atoms with Gasteiger partial charge in [-0.15, -0.1) is 0 Å². The van der Waals surface area contributed by atoms with Gasteiger partial charge in [-0.2, -0.15) is 0 Å². The molecule has 0 fully saturated rings. The van der Waals surface area contributed by atoms with Crippen LogP contribution >= 0.6 is 0 Å². The normalized spacial score (nSPS) is 13.7. The van der Waals surface area contributed by atoms with Crippen molar-refractivity contribution in [2.45, 2.75) is 68.7 Å². The summed E-state index contributed by atoms with van der Waals surface area (Å²) in [5, 5.41) is 29.6. The summed E-state index contributed by atoms with van der Waals surface area (Å²) in [6.07, 6.45) is 3.37. The molecular formula is C30H47N13O7. The van der Waals surface area contributed by atoms with Crippen molar-refractivity contribution in [3.8, 4) is 0 Å². The lowest BCUT2D eigenvalue weighted by molar-refractivity contribution is -0.142. The van der Waals surface area contributed by atoms with Crippen LogP contribution in [0.25, 0.3) is 0 Å². The Kier molecular flexibility index (Phi) is 17.2. The Morgan fingerprint density at radius 1 is 0.740 bits per heavy atom. The van der Waals surface area contributed by atoms with E-state index in [1.165, 1.54) is 12.5 Å². The van der Waals surface area contributed by atoms with Gasteiger partial charge in [0.2, 0.25) is 23.6 Å². The second kappa shape index (κ2) is 21.3. The number of H-pyrrole nitrogens is 1. The summed E-state index contributed by atoms with van der Waals surface area (Å²) in [7, 11) is 0. The van der Waals surface area contributed by atoms with Gasteiger partial charge in [0, 0.05) is 37.8 Å². The molecule has 0 aliphatic rings. The average Bonchev–Trinajstić information content (AvgIpc) is 3.59. The molecule has 20 nitrogen and oxygen atoms in total. The molecule has 50 heavy (non-hydrogen) atoms. The number of nitrogens with zero attached hydrogens (tertiary/aromatic N) is 3. The van der Waals surface area contributed by atoms with Crippen LogP contribution in [-0.4, -0.2) is 112 Å². The number of amides is 4. The topological polar surface area (TPSA) is 357 Å². The molecule has 0 saturated carbocycles. The molecule has 5 atom stereocenters. The summed E-state index contributed by atoms with van der Waals surface area (Å²) >= 11 is 0. The highest BCUT2D eigenvalue weighted by molar-refractivity contribution is 5.95. The van der Waals surface area contributed by atoms with Crippen LogP contribution in [0.5, 0.6) is 0 Å². The fourth-order valence-electron chi connectivity index (χ4n) is 4.59. The van der Waals surface area contributed by atoms with E-state index in [1.54, 1.807) is 30.3 Å². The van der Waals surface area contributed by atoms with E-state index < -0.39 is 66.4 Å². The molecule has 0 saturated heterocycles. The SMILES string of the molecule is NC(N)=NCCCC(N)C(=O)NC(CO)C(=O)NC(CCCN=C(N)N)C(=O)NC(Cc1cnc[nH]1)C(=O)NC(Cc1ccccc1)C(=O)O. The van der Waals surface area contributed by atoms with Gasteiger partial charge < -0.3 is 65.1 Å². The smallest absolute Gasteiger partial charge is 0.326 e. The Balaban J connectivity index is 2.22.